The summed E-state index contributed by atoms with van der Waals surface area (Å²) in [5, 5.41) is 0. The van der Waals surface area contributed by atoms with Crippen molar-refractivity contribution in [1.82, 2.24) is 0 Å². The van der Waals surface area contributed by atoms with Crippen LogP contribution >= 0.6 is 0 Å². The van der Waals surface area contributed by atoms with Gasteiger partial charge in [0.2, 0.25) is 5.91 Å². The van der Waals surface area contributed by atoms with Crippen molar-refractivity contribution in [2.45, 2.75) is 12.8 Å². The average Bonchev–Trinajstić information content (AvgIpc) is 2.82. The van der Waals surface area contributed by atoms with Gasteiger partial charge in [0.05, 0.1) is 11.3 Å². The van der Waals surface area contributed by atoms with Gasteiger partial charge >= 0.3 is 5.97 Å². The summed E-state index contributed by atoms with van der Waals surface area (Å²) >= 11 is 0. The summed E-state index contributed by atoms with van der Waals surface area (Å²) in [5.74, 6) is -1.40. The topological polar surface area (TPSA) is 89.7 Å². The minimum Gasteiger partial charge on any atom is -0.452 e. The lowest BCUT2D eigenvalue weighted by atomic mass is 10.1. The molecule has 1 aromatic carbocycles. The van der Waals surface area contributed by atoms with Crippen LogP contribution in [0, 0.1) is 0 Å². The number of para-hydroxylation sites is 1. The van der Waals surface area contributed by atoms with E-state index in [0.29, 0.717) is 18.7 Å². The van der Waals surface area contributed by atoms with E-state index in [2.05, 4.69) is 0 Å². The fourth-order valence-corrected chi connectivity index (χ4v) is 2.00. The number of carbonyl (C=O) groups is 3. The highest BCUT2D eigenvalue weighted by atomic mass is 16.5. The Bertz CT molecular complexity index is 527. The van der Waals surface area contributed by atoms with Gasteiger partial charge in [-0.1, -0.05) is 12.1 Å². The maximum Gasteiger partial charge on any atom is 0.340 e. The number of ether oxygens (including phenoxy) is 1. The molecule has 0 unspecified atom stereocenters. The van der Waals surface area contributed by atoms with E-state index in [1.54, 1.807) is 29.2 Å². The van der Waals surface area contributed by atoms with E-state index >= 15 is 0 Å². The quantitative estimate of drug-likeness (QED) is 0.798. The zero-order valence-corrected chi connectivity index (χ0v) is 10.3. The van der Waals surface area contributed by atoms with Gasteiger partial charge in [-0.05, 0) is 18.6 Å². The van der Waals surface area contributed by atoms with E-state index in [1.807, 2.05) is 0 Å². The molecule has 1 aliphatic rings. The number of anilines is 1. The number of carbonyl (C=O) groups excluding carboxylic acids is 3. The molecule has 0 spiro atoms. The predicted molar refractivity (Wildman–Crippen MR) is 67.5 cm³/mol. The Kier molecular flexibility index (Phi) is 3.79. The highest BCUT2D eigenvalue weighted by Crippen LogP contribution is 2.25. The van der Waals surface area contributed by atoms with Crippen LogP contribution in [0.3, 0.4) is 0 Å². The van der Waals surface area contributed by atoms with E-state index in [1.165, 1.54) is 0 Å². The van der Waals surface area contributed by atoms with Crippen molar-refractivity contribution in [1.29, 1.82) is 0 Å². The van der Waals surface area contributed by atoms with Gasteiger partial charge < -0.3 is 15.4 Å². The van der Waals surface area contributed by atoms with E-state index in [4.69, 9.17) is 10.5 Å². The molecule has 2 amide bonds. The molecule has 0 saturated carbocycles. The number of rotatable bonds is 4. The summed E-state index contributed by atoms with van der Waals surface area (Å²) in [6.07, 6.45) is 1.24. The summed E-state index contributed by atoms with van der Waals surface area (Å²) < 4.78 is 4.77. The van der Waals surface area contributed by atoms with E-state index in [-0.39, 0.29) is 11.5 Å². The number of benzene rings is 1. The van der Waals surface area contributed by atoms with E-state index in [9.17, 15) is 14.4 Å². The molecular formula is C13H14N2O4. The van der Waals surface area contributed by atoms with Crippen LogP contribution in [0.15, 0.2) is 24.3 Å². The van der Waals surface area contributed by atoms with E-state index in [0.717, 1.165) is 6.42 Å². The molecule has 1 aromatic rings. The third-order valence-electron chi connectivity index (χ3n) is 2.83. The van der Waals surface area contributed by atoms with Crippen LogP contribution in [0.25, 0.3) is 0 Å². The van der Waals surface area contributed by atoms with Crippen molar-refractivity contribution < 1.29 is 19.1 Å². The molecule has 2 N–H and O–H groups in total. The molecule has 0 aliphatic carbocycles. The van der Waals surface area contributed by atoms with Gasteiger partial charge in [-0.15, -0.1) is 0 Å². The van der Waals surface area contributed by atoms with Gasteiger partial charge in [-0.2, -0.15) is 0 Å². The fourth-order valence-electron chi connectivity index (χ4n) is 2.00. The normalized spacial score (nSPS) is 14.5. The largest absolute Gasteiger partial charge is 0.452 e. The number of hydrogen-bond acceptors (Lipinski definition) is 4. The first-order chi connectivity index (χ1) is 9.09. The fraction of sp³-hybridized carbons (Fsp3) is 0.308. The van der Waals surface area contributed by atoms with Crippen LogP contribution in [0.4, 0.5) is 5.69 Å². The molecule has 2 rings (SSSR count). The van der Waals surface area contributed by atoms with Crippen LogP contribution in [0.5, 0.6) is 0 Å². The number of primary amides is 1. The Morgan fingerprint density at radius 1 is 1.32 bits per heavy atom. The molecule has 1 fully saturated rings. The Morgan fingerprint density at radius 3 is 2.68 bits per heavy atom. The molecule has 1 aliphatic heterocycles. The predicted octanol–water partition coefficient (Wildman–Crippen LogP) is 0.455. The summed E-state index contributed by atoms with van der Waals surface area (Å²) in [5.41, 5.74) is 5.70. The van der Waals surface area contributed by atoms with Gasteiger partial charge in [0.25, 0.3) is 5.91 Å². The van der Waals surface area contributed by atoms with Gasteiger partial charge in [0, 0.05) is 13.0 Å². The van der Waals surface area contributed by atoms with Crippen molar-refractivity contribution in [3.05, 3.63) is 29.8 Å². The first-order valence-electron chi connectivity index (χ1n) is 5.94. The Hall–Kier alpha value is -2.37. The molecule has 0 atom stereocenters. The monoisotopic (exact) mass is 262 g/mol. The second-order valence-corrected chi connectivity index (χ2v) is 4.21. The Morgan fingerprint density at radius 2 is 2.05 bits per heavy atom. The molecule has 0 radical (unpaired) electrons. The lowest BCUT2D eigenvalue weighted by Gasteiger charge is -2.18. The van der Waals surface area contributed by atoms with Crippen LogP contribution in [0.2, 0.25) is 0 Å². The summed E-state index contributed by atoms with van der Waals surface area (Å²) in [6.45, 7) is 0.111. The van der Waals surface area contributed by atoms with Crippen LogP contribution in [-0.4, -0.2) is 30.9 Å². The number of nitrogens with zero attached hydrogens (tertiary/aromatic N) is 1. The molecule has 1 saturated heterocycles. The van der Waals surface area contributed by atoms with Gasteiger partial charge in [-0.3, -0.25) is 9.59 Å². The smallest absolute Gasteiger partial charge is 0.340 e. The van der Waals surface area contributed by atoms with Crippen molar-refractivity contribution in [3.63, 3.8) is 0 Å². The zero-order chi connectivity index (χ0) is 13.8. The second kappa shape index (κ2) is 5.51. The molecule has 0 bridgehead atoms. The second-order valence-electron chi connectivity index (χ2n) is 4.21. The Labute approximate surface area is 110 Å². The van der Waals surface area contributed by atoms with Crippen molar-refractivity contribution >= 4 is 23.5 Å². The molecule has 1 heterocycles. The molecule has 6 nitrogen and oxygen atoms in total. The summed E-state index contributed by atoms with van der Waals surface area (Å²) in [6, 6.07) is 6.66. The van der Waals surface area contributed by atoms with Crippen molar-refractivity contribution in [2.24, 2.45) is 5.73 Å². The minimum absolute atomic E-state index is 0.0184. The zero-order valence-electron chi connectivity index (χ0n) is 10.3. The number of hydrogen-bond donors (Lipinski definition) is 1. The summed E-state index contributed by atoms with van der Waals surface area (Å²) in [4.78, 5) is 35.7. The highest BCUT2D eigenvalue weighted by Gasteiger charge is 2.26. The summed E-state index contributed by atoms with van der Waals surface area (Å²) in [7, 11) is 0. The first-order valence-corrected chi connectivity index (χ1v) is 5.94. The van der Waals surface area contributed by atoms with Gasteiger partial charge in [0.15, 0.2) is 6.61 Å². The molecule has 100 valence electrons. The van der Waals surface area contributed by atoms with Crippen LogP contribution in [-0.2, 0) is 14.3 Å². The lowest BCUT2D eigenvalue weighted by Crippen LogP contribution is -2.27. The van der Waals surface area contributed by atoms with Crippen molar-refractivity contribution in [3.8, 4) is 0 Å². The third kappa shape index (κ3) is 2.90. The maximum atomic E-state index is 11.9. The van der Waals surface area contributed by atoms with Crippen molar-refractivity contribution in [2.75, 3.05) is 18.1 Å². The first kappa shape index (κ1) is 13.1. The average molecular weight is 262 g/mol. The van der Waals surface area contributed by atoms with E-state index < -0.39 is 18.5 Å². The molecule has 6 heteroatoms. The standard InChI is InChI=1S/C13H14N2O4/c14-11(16)8-19-13(18)9-4-1-2-5-10(9)15-7-3-6-12(15)17/h1-2,4-5H,3,6-8H2,(H2,14,16). The SMILES string of the molecule is NC(=O)COC(=O)c1ccccc1N1CCCC1=O. The van der Waals surface area contributed by atoms with Gasteiger partial charge in [-0.25, -0.2) is 4.79 Å². The number of esters is 1. The minimum atomic E-state index is -0.719. The number of nitrogens with two attached hydrogens (primary N) is 1. The molecular weight excluding hydrogens is 248 g/mol. The van der Waals surface area contributed by atoms with Gasteiger partial charge in [0.1, 0.15) is 0 Å². The maximum absolute atomic E-state index is 11.9. The molecule has 0 aromatic heterocycles. The third-order valence-corrected chi connectivity index (χ3v) is 2.83. The van der Waals surface area contributed by atoms with Crippen LogP contribution < -0.4 is 10.6 Å². The lowest BCUT2D eigenvalue weighted by molar-refractivity contribution is -0.121. The van der Waals surface area contributed by atoms with Crippen LogP contribution in [0.1, 0.15) is 23.2 Å². The number of amides is 2. The molecule has 19 heavy (non-hydrogen) atoms. The Balaban J connectivity index is 2.23. The highest BCUT2D eigenvalue weighted by molar-refractivity contribution is 6.03.